The maximum atomic E-state index is 5.85. The summed E-state index contributed by atoms with van der Waals surface area (Å²) in [6.07, 6.45) is 1.07. The fraction of sp³-hybridized carbons (Fsp3) is 0.500. The lowest BCUT2D eigenvalue weighted by Gasteiger charge is -2.15. The van der Waals surface area contributed by atoms with Gasteiger partial charge >= 0.3 is 0 Å². The van der Waals surface area contributed by atoms with E-state index in [4.69, 9.17) is 11.6 Å². The minimum atomic E-state index is 0.552. The third kappa shape index (κ3) is 4.92. The van der Waals surface area contributed by atoms with Crippen LogP contribution in [0.1, 0.15) is 12.5 Å². The Labute approximate surface area is 102 Å². The zero-order chi connectivity index (χ0) is 11.1. The fourth-order valence-electron chi connectivity index (χ4n) is 1.41. The molecule has 1 aromatic carbocycles. The highest BCUT2D eigenvalue weighted by atomic mass is 35.5. The van der Waals surface area contributed by atoms with Gasteiger partial charge < -0.3 is 5.32 Å². The lowest BCUT2D eigenvalue weighted by molar-refractivity contribution is 0.617. The highest BCUT2D eigenvalue weighted by Crippen LogP contribution is 2.12. The topological polar surface area (TPSA) is 12.0 Å². The standard InChI is InChI=1S/C12H18ClNS/c1-3-15-9-12(14-2)8-10-4-6-11(13)7-5-10/h4-7,12,14H,3,8-9H2,1-2H3. The molecular formula is C12H18ClNS. The number of hydrogen-bond acceptors (Lipinski definition) is 2. The number of likely N-dealkylation sites (N-methyl/N-ethyl adjacent to an activating group) is 1. The molecule has 0 aromatic heterocycles. The van der Waals surface area contributed by atoms with Crippen LogP contribution in [0.25, 0.3) is 0 Å². The second-order valence-electron chi connectivity index (χ2n) is 3.48. The van der Waals surface area contributed by atoms with Gasteiger partial charge in [0.05, 0.1) is 0 Å². The van der Waals surface area contributed by atoms with Gasteiger partial charge in [0.25, 0.3) is 0 Å². The zero-order valence-electron chi connectivity index (χ0n) is 9.29. The summed E-state index contributed by atoms with van der Waals surface area (Å²) in [6, 6.07) is 8.66. The number of halogens is 1. The van der Waals surface area contributed by atoms with Crippen molar-refractivity contribution in [3.63, 3.8) is 0 Å². The van der Waals surface area contributed by atoms with Crippen LogP contribution < -0.4 is 5.32 Å². The predicted molar refractivity (Wildman–Crippen MR) is 71.0 cm³/mol. The normalized spacial score (nSPS) is 12.7. The summed E-state index contributed by atoms with van der Waals surface area (Å²) in [4.78, 5) is 0. The molecule has 0 fully saturated rings. The largest absolute Gasteiger partial charge is 0.316 e. The Bertz CT molecular complexity index is 273. The minimum absolute atomic E-state index is 0.552. The minimum Gasteiger partial charge on any atom is -0.316 e. The zero-order valence-corrected chi connectivity index (χ0v) is 10.9. The molecule has 0 aliphatic rings. The first-order valence-corrected chi connectivity index (χ1v) is 6.79. The maximum absolute atomic E-state index is 5.85. The van der Waals surface area contributed by atoms with E-state index < -0.39 is 0 Å². The van der Waals surface area contributed by atoms with Gasteiger partial charge in [-0.1, -0.05) is 30.7 Å². The second-order valence-corrected chi connectivity index (χ2v) is 5.23. The maximum Gasteiger partial charge on any atom is 0.0406 e. The van der Waals surface area contributed by atoms with Crippen LogP contribution in [-0.2, 0) is 6.42 Å². The molecule has 1 atom stereocenters. The molecule has 15 heavy (non-hydrogen) atoms. The van der Waals surface area contributed by atoms with E-state index in [9.17, 15) is 0 Å². The van der Waals surface area contributed by atoms with Gasteiger partial charge in [-0.3, -0.25) is 0 Å². The van der Waals surface area contributed by atoms with E-state index in [1.165, 1.54) is 11.3 Å². The van der Waals surface area contributed by atoms with Crippen LogP contribution in [0, 0.1) is 0 Å². The van der Waals surface area contributed by atoms with Crippen LogP contribution in [0.3, 0.4) is 0 Å². The molecule has 1 N–H and O–H groups in total. The molecule has 0 bridgehead atoms. The first-order chi connectivity index (χ1) is 7.26. The average molecular weight is 244 g/mol. The molecule has 1 rings (SSSR count). The van der Waals surface area contributed by atoms with E-state index in [1.807, 2.05) is 30.9 Å². The lowest BCUT2D eigenvalue weighted by Crippen LogP contribution is -2.30. The molecule has 0 heterocycles. The highest BCUT2D eigenvalue weighted by molar-refractivity contribution is 7.99. The summed E-state index contributed by atoms with van der Waals surface area (Å²) in [5, 5.41) is 4.15. The van der Waals surface area contributed by atoms with Crippen LogP contribution in [0.15, 0.2) is 24.3 Å². The molecule has 0 saturated carbocycles. The summed E-state index contributed by atoms with van der Waals surface area (Å²) in [6.45, 7) is 2.19. The summed E-state index contributed by atoms with van der Waals surface area (Å²) < 4.78 is 0. The summed E-state index contributed by atoms with van der Waals surface area (Å²) in [5.74, 6) is 2.34. The Morgan fingerprint density at radius 3 is 2.53 bits per heavy atom. The number of benzene rings is 1. The molecule has 0 aliphatic carbocycles. The first-order valence-electron chi connectivity index (χ1n) is 5.25. The highest BCUT2D eigenvalue weighted by Gasteiger charge is 2.06. The van der Waals surface area contributed by atoms with E-state index in [0.29, 0.717) is 6.04 Å². The van der Waals surface area contributed by atoms with Gasteiger partial charge in [0.15, 0.2) is 0 Å². The van der Waals surface area contributed by atoms with Crippen molar-refractivity contribution < 1.29 is 0 Å². The van der Waals surface area contributed by atoms with Crippen molar-refractivity contribution in [2.45, 2.75) is 19.4 Å². The van der Waals surface area contributed by atoms with Crippen molar-refractivity contribution in [1.82, 2.24) is 5.32 Å². The number of rotatable bonds is 6. The molecule has 3 heteroatoms. The molecule has 0 saturated heterocycles. The Balaban J connectivity index is 2.47. The third-order valence-corrected chi connectivity index (χ3v) is 3.63. The number of nitrogens with one attached hydrogen (secondary N) is 1. The van der Waals surface area contributed by atoms with E-state index in [0.717, 1.165) is 17.2 Å². The summed E-state index contributed by atoms with van der Waals surface area (Å²) in [5.41, 5.74) is 1.34. The van der Waals surface area contributed by atoms with Crippen LogP contribution in [-0.4, -0.2) is 24.6 Å². The van der Waals surface area contributed by atoms with Gasteiger partial charge in [-0.15, -0.1) is 0 Å². The van der Waals surface area contributed by atoms with Gasteiger partial charge in [-0.05, 0) is 36.9 Å². The van der Waals surface area contributed by atoms with Crippen LogP contribution in [0.5, 0.6) is 0 Å². The van der Waals surface area contributed by atoms with Gasteiger partial charge in [-0.25, -0.2) is 0 Å². The van der Waals surface area contributed by atoms with Crippen LogP contribution in [0.4, 0.5) is 0 Å². The third-order valence-electron chi connectivity index (χ3n) is 2.33. The lowest BCUT2D eigenvalue weighted by atomic mass is 10.1. The van der Waals surface area contributed by atoms with Gasteiger partial charge in [0.2, 0.25) is 0 Å². The number of hydrogen-bond donors (Lipinski definition) is 1. The molecule has 1 nitrogen and oxygen atoms in total. The molecule has 0 radical (unpaired) electrons. The van der Waals surface area contributed by atoms with Gasteiger partial charge in [-0.2, -0.15) is 11.8 Å². The van der Waals surface area contributed by atoms with E-state index in [2.05, 4.69) is 24.4 Å². The van der Waals surface area contributed by atoms with Crippen molar-refractivity contribution in [2.75, 3.05) is 18.6 Å². The molecule has 1 unspecified atom stereocenters. The molecule has 1 aromatic rings. The van der Waals surface area contributed by atoms with Crippen LogP contribution >= 0.6 is 23.4 Å². The Kier molecular flexibility index (Phi) is 6.15. The summed E-state index contributed by atoms with van der Waals surface area (Å²) >= 11 is 7.82. The van der Waals surface area contributed by atoms with E-state index in [-0.39, 0.29) is 0 Å². The quantitative estimate of drug-likeness (QED) is 0.824. The van der Waals surface area contributed by atoms with Crippen molar-refractivity contribution in [3.05, 3.63) is 34.9 Å². The Hall–Kier alpha value is -0.180. The Morgan fingerprint density at radius 1 is 1.33 bits per heavy atom. The van der Waals surface area contributed by atoms with Crippen molar-refractivity contribution >= 4 is 23.4 Å². The first kappa shape index (κ1) is 12.9. The van der Waals surface area contributed by atoms with Crippen LogP contribution in [0.2, 0.25) is 5.02 Å². The summed E-state index contributed by atoms with van der Waals surface area (Å²) in [7, 11) is 2.02. The molecular weight excluding hydrogens is 226 g/mol. The molecule has 0 aliphatic heterocycles. The molecule has 0 spiro atoms. The fourth-order valence-corrected chi connectivity index (χ4v) is 2.34. The Morgan fingerprint density at radius 2 is 2.00 bits per heavy atom. The second kappa shape index (κ2) is 7.15. The van der Waals surface area contributed by atoms with Gasteiger partial charge in [0, 0.05) is 16.8 Å². The van der Waals surface area contributed by atoms with E-state index in [1.54, 1.807) is 0 Å². The SMILES string of the molecule is CCSCC(Cc1ccc(Cl)cc1)NC. The molecule has 0 amide bonds. The van der Waals surface area contributed by atoms with Crippen molar-refractivity contribution in [3.8, 4) is 0 Å². The molecule has 84 valence electrons. The van der Waals surface area contributed by atoms with Crippen molar-refractivity contribution in [2.24, 2.45) is 0 Å². The monoisotopic (exact) mass is 243 g/mol. The number of thioether (sulfide) groups is 1. The van der Waals surface area contributed by atoms with Crippen molar-refractivity contribution in [1.29, 1.82) is 0 Å². The van der Waals surface area contributed by atoms with E-state index >= 15 is 0 Å². The predicted octanol–water partition coefficient (Wildman–Crippen LogP) is 3.22. The average Bonchev–Trinajstić information content (AvgIpc) is 2.27. The van der Waals surface area contributed by atoms with Gasteiger partial charge in [0.1, 0.15) is 0 Å². The smallest absolute Gasteiger partial charge is 0.0406 e.